The molecule has 0 bridgehead atoms. The zero-order chi connectivity index (χ0) is 14.6. The minimum absolute atomic E-state index is 0.0517. The SMILES string of the molecule is CNC(=O)CNc1cc(C(=O)O)cc(C(C)(C)C)n1. The molecule has 6 heteroatoms. The van der Waals surface area contributed by atoms with E-state index in [1.54, 1.807) is 6.07 Å². The molecule has 6 nitrogen and oxygen atoms in total. The van der Waals surface area contributed by atoms with Gasteiger partial charge in [0.1, 0.15) is 5.82 Å². The molecule has 0 aromatic carbocycles. The molecule has 3 N–H and O–H groups in total. The molecule has 1 rings (SSSR count). The van der Waals surface area contributed by atoms with E-state index in [4.69, 9.17) is 5.11 Å². The highest BCUT2D eigenvalue weighted by Gasteiger charge is 2.19. The molecule has 1 aromatic heterocycles. The number of nitrogens with one attached hydrogen (secondary N) is 2. The Labute approximate surface area is 112 Å². The van der Waals surface area contributed by atoms with Crippen molar-refractivity contribution in [1.82, 2.24) is 10.3 Å². The van der Waals surface area contributed by atoms with Gasteiger partial charge < -0.3 is 15.7 Å². The predicted molar refractivity (Wildman–Crippen MR) is 72.5 cm³/mol. The number of carbonyl (C=O) groups is 2. The van der Waals surface area contributed by atoms with Crippen LogP contribution in [0.15, 0.2) is 12.1 Å². The Balaban J connectivity index is 3.07. The molecule has 0 atom stereocenters. The van der Waals surface area contributed by atoms with Crippen molar-refractivity contribution < 1.29 is 14.7 Å². The first-order valence-corrected chi connectivity index (χ1v) is 5.94. The quantitative estimate of drug-likeness (QED) is 0.761. The maximum absolute atomic E-state index is 11.2. The summed E-state index contributed by atoms with van der Waals surface area (Å²) in [5.74, 6) is -0.829. The second-order valence-corrected chi connectivity index (χ2v) is 5.21. The summed E-state index contributed by atoms with van der Waals surface area (Å²) < 4.78 is 0. The number of aromatic carboxylic acids is 1. The smallest absolute Gasteiger partial charge is 0.335 e. The Morgan fingerprint density at radius 2 is 1.95 bits per heavy atom. The number of aromatic nitrogens is 1. The normalized spacial score (nSPS) is 10.9. The van der Waals surface area contributed by atoms with E-state index < -0.39 is 5.97 Å². The molecule has 1 heterocycles. The molecular weight excluding hydrogens is 246 g/mol. The number of carboxylic acids is 1. The van der Waals surface area contributed by atoms with Gasteiger partial charge >= 0.3 is 5.97 Å². The maximum Gasteiger partial charge on any atom is 0.335 e. The number of hydrogen-bond acceptors (Lipinski definition) is 4. The van der Waals surface area contributed by atoms with Crippen LogP contribution in [0.3, 0.4) is 0 Å². The van der Waals surface area contributed by atoms with Crippen molar-refractivity contribution in [3.63, 3.8) is 0 Å². The van der Waals surface area contributed by atoms with Crippen molar-refractivity contribution >= 4 is 17.7 Å². The topological polar surface area (TPSA) is 91.3 Å². The van der Waals surface area contributed by atoms with E-state index in [-0.39, 0.29) is 23.4 Å². The summed E-state index contributed by atoms with van der Waals surface area (Å²) in [6.45, 7) is 5.90. The van der Waals surface area contributed by atoms with Crippen LogP contribution in [0.4, 0.5) is 5.82 Å². The number of likely N-dealkylation sites (N-methyl/N-ethyl adjacent to an activating group) is 1. The van der Waals surface area contributed by atoms with Gasteiger partial charge in [0.25, 0.3) is 0 Å². The lowest BCUT2D eigenvalue weighted by molar-refractivity contribution is -0.118. The third kappa shape index (κ3) is 4.24. The zero-order valence-corrected chi connectivity index (χ0v) is 11.6. The number of pyridine rings is 1. The van der Waals surface area contributed by atoms with E-state index in [9.17, 15) is 9.59 Å². The first-order chi connectivity index (χ1) is 8.74. The summed E-state index contributed by atoms with van der Waals surface area (Å²) in [5, 5.41) is 14.4. The van der Waals surface area contributed by atoms with Crippen molar-refractivity contribution in [1.29, 1.82) is 0 Å². The van der Waals surface area contributed by atoms with Gasteiger partial charge in [0.2, 0.25) is 5.91 Å². The number of hydrogen-bond donors (Lipinski definition) is 3. The molecule has 0 aliphatic rings. The lowest BCUT2D eigenvalue weighted by atomic mass is 9.91. The molecule has 19 heavy (non-hydrogen) atoms. The average molecular weight is 265 g/mol. The first kappa shape index (κ1) is 14.9. The fourth-order valence-electron chi connectivity index (χ4n) is 1.39. The molecule has 1 aromatic rings. The van der Waals surface area contributed by atoms with Crippen LogP contribution in [0.2, 0.25) is 0 Å². The second kappa shape index (κ2) is 5.69. The molecule has 0 saturated heterocycles. The monoisotopic (exact) mass is 265 g/mol. The van der Waals surface area contributed by atoms with Crippen LogP contribution in [-0.4, -0.2) is 35.6 Å². The fraction of sp³-hybridized carbons (Fsp3) is 0.462. The summed E-state index contributed by atoms with van der Waals surface area (Å²) in [7, 11) is 1.53. The highest BCUT2D eigenvalue weighted by Crippen LogP contribution is 2.23. The maximum atomic E-state index is 11.2. The van der Waals surface area contributed by atoms with Gasteiger partial charge in [-0.1, -0.05) is 20.8 Å². The van der Waals surface area contributed by atoms with Crippen molar-refractivity contribution in [3.05, 3.63) is 23.4 Å². The molecule has 0 fully saturated rings. The van der Waals surface area contributed by atoms with E-state index in [0.29, 0.717) is 11.5 Å². The molecule has 0 saturated carbocycles. The van der Waals surface area contributed by atoms with Gasteiger partial charge in [-0.2, -0.15) is 0 Å². The van der Waals surface area contributed by atoms with Crippen LogP contribution in [-0.2, 0) is 10.2 Å². The fourth-order valence-corrected chi connectivity index (χ4v) is 1.39. The summed E-state index contributed by atoms with van der Waals surface area (Å²) in [6, 6.07) is 2.97. The summed E-state index contributed by atoms with van der Waals surface area (Å²) in [5.41, 5.74) is 0.542. The lowest BCUT2D eigenvalue weighted by Gasteiger charge is -2.19. The van der Waals surface area contributed by atoms with E-state index in [2.05, 4.69) is 15.6 Å². The van der Waals surface area contributed by atoms with Crippen molar-refractivity contribution in [2.24, 2.45) is 0 Å². The number of carbonyl (C=O) groups excluding carboxylic acids is 1. The molecule has 104 valence electrons. The molecular formula is C13H19N3O3. The van der Waals surface area contributed by atoms with Crippen LogP contribution in [0.5, 0.6) is 0 Å². The Morgan fingerprint density at radius 1 is 1.32 bits per heavy atom. The minimum atomic E-state index is -1.02. The summed E-state index contributed by atoms with van der Waals surface area (Å²) in [6.07, 6.45) is 0. The van der Waals surface area contributed by atoms with Gasteiger partial charge in [0.15, 0.2) is 0 Å². The highest BCUT2D eigenvalue weighted by atomic mass is 16.4. The molecule has 0 radical (unpaired) electrons. The van der Waals surface area contributed by atoms with Gasteiger partial charge in [-0.25, -0.2) is 9.78 Å². The zero-order valence-electron chi connectivity index (χ0n) is 11.6. The Hall–Kier alpha value is -2.11. The third-order valence-corrected chi connectivity index (χ3v) is 2.55. The lowest BCUT2D eigenvalue weighted by Crippen LogP contribution is -2.27. The van der Waals surface area contributed by atoms with Gasteiger partial charge in [0.05, 0.1) is 12.1 Å². The Bertz CT molecular complexity index is 492. The van der Waals surface area contributed by atoms with E-state index in [1.165, 1.54) is 13.1 Å². The summed E-state index contributed by atoms with van der Waals surface area (Å²) in [4.78, 5) is 26.6. The van der Waals surface area contributed by atoms with Gasteiger partial charge in [-0.3, -0.25) is 4.79 Å². The Kier molecular flexibility index (Phi) is 4.47. The average Bonchev–Trinajstić information content (AvgIpc) is 2.34. The van der Waals surface area contributed by atoms with Gasteiger partial charge in [-0.15, -0.1) is 0 Å². The van der Waals surface area contributed by atoms with Crippen LogP contribution in [0.1, 0.15) is 36.8 Å². The standard InChI is InChI=1S/C13H19N3O3/c1-13(2,3)9-5-8(12(18)19)6-10(16-9)15-7-11(17)14-4/h5-6H,7H2,1-4H3,(H,14,17)(H,15,16)(H,18,19). The number of amides is 1. The van der Waals surface area contributed by atoms with Crippen LogP contribution in [0.25, 0.3) is 0 Å². The van der Waals surface area contributed by atoms with Crippen molar-refractivity contribution in [3.8, 4) is 0 Å². The van der Waals surface area contributed by atoms with Crippen LogP contribution in [0, 0.1) is 0 Å². The molecule has 1 amide bonds. The Morgan fingerprint density at radius 3 is 2.42 bits per heavy atom. The molecule has 0 spiro atoms. The first-order valence-electron chi connectivity index (χ1n) is 5.94. The number of rotatable bonds is 4. The predicted octanol–water partition coefficient (Wildman–Crippen LogP) is 1.24. The van der Waals surface area contributed by atoms with Gasteiger partial charge in [0, 0.05) is 18.2 Å². The number of carboxylic acid groups (broad SMARTS) is 1. The number of anilines is 1. The van der Waals surface area contributed by atoms with Crippen LogP contribution >= 0.6 is 0 Å². The van der Waals surface area contributed by atoms with E-state index >= 15 is 0 Å². The van der Waals surface area contributed by atoms with Crippen LogP contribution < -0.4 is 10.6 Å². The van der Waals surface area contributed by atoms with Crippen molar-refractivity contribution in [2.75, 3.05) is 18.9 Å². The number of nitrogens with zero attached hydrogens (tertiary/aromatic N) is 1. The molecule has 0 aliphatic carbocycles. The largest absolute Gasteiger partial charge is 0.478 e. The van der Waals surface area contributed by atoms with E-state index in [0.717, 1.165) is 0 Å². The molecule has 0 unspecified atom stereocenters. The second-order valence-electron chi connectivity index (χ2n) is 5.21. The third-order valence-electron chi connectivity index (χ3n) is 2.55. The molecule has 0 aliphatic heterocycles. The van der Waals surface area contributed by atoms with Gasteiger partial charge in [-0.05, 0) is 12.1 Å². The van der Waals surface area contributed by atoms with Crippen molar-refractivity contribution in [2.45, 2.75) is 26.2 Å². The van der Waals surface area contributed by atoms with E-state index in [1.807, 2.05) is 20.8 Å². The summed E-state index contributed by atoms with van der Waals surface area (Å²) >= 11 is 0. The highest BCUT2D eigenvalue weighted by molar-refractivity contribution is 5.89. The minimum Gasteiger partial charge on any atom is -0.478 e.